The van der Waals surface area contributed by atoms with Gasteiger partial charge < -0.3 is 5.73 Å². The molecule has 0 aromatic heterocycles. The third-order valence-electron chi connectivity index (χ3n) is 2.35. The molecule has 1 rings (SSSR count). The van der Waals surface area contributed by atoms with Gasteiger partial charge in [0.25, 0.3) is 0 Å². The van der Waals surface area contributed by atoms with E-state index in [9.17, 15) is 4.39 Å². The van der Waals surface area contributed by atoms with E-state index >= 15 is 0 Å². The molecule has 1 fully saturated rings. The molecule has 2 N–H and O–H groups in total. The molecular weight excluding hydrogens is 153 g/mol. The largest absolute Gasteiger partial charge is 0.330 e. The van der Waals surface area contributed by atoms with Crippen LogP contribution in [-0.2, 0) is 0 Å². The Bertz CT molecular complexity index is 93.8. The maximum absolute atomic E-state index is 13.0. The number of halogens is 1. The number of hydrogen-bond donors (Lipinski definition) is 1. The first-order valence-corrected chi connectivity index (χ1v) is 5.18. The summed E-state index contributed by atoms with van der Waals surface area (Å²) >= 11 is 0. The molecule has 12 heavy (non-hydrogen) atoms. The van der Waals surface area contributed by atoms with Crippen molar-refractivity contribution in [3.8, 4) is 0 Å². The number of alkyl halides is 1. The first kappa shape index (κ1) is 11.9. The van der Waals surface area contributed by atoms with Crippen LogP contribution < -0.4 is 5.73 Å². The molecule has 0 spiro atoms. The van der Waals surface area contributed by atoms with Crippen molar-refractivity contribution in [2.75, 3.05) is 6.54 Å². The van der Waals surface area contributed by atoms with E-state index in [0.717, 1.165) is 25.7 Å². The minimum absolute atomic E-state index is 0.277. The van der Waals surface area contributed by atoms with Gasteiger partial charge in [-0.15, -0.1) is 0 Å². The monoisotopic (exact) mass is 175 g/mol. The third kappa shape index (κ3) is 4.05. The molecule has 0 radical (unpaired) electrons. The minimum atomic E-state index is -0.558. The van der Waals surface area contributed by atoms with Gasteiger partial charge in [-0.05, 0) is 31.7 Å². The molecule has 0 aromatic carbocycles. The van der Waals surface area contributed by atoms with E-state index in [4.69, 9.17) is 5.73 Å². The van der Waals surface area contributed by atoms with E-state index < -0.39 is 6.17 Å². The lowest BCUT2D eigenvalue weighted by Gasteiger charge is -2.24. The van der Waals surface area contributed by atoms with Crippen LogP contribution in [0.25, 0.3) is 0 Å². The van der Waals surface area contributed by atoms with Crippen molar-refractivity contribution < 1.29 is 4.39 Å². The Morgan fingerprint density at radius 1 is 1.25 bits per heavy atom. The summed E-state index contributed by atoms with van der Waals surface area (Å²) in [5.41, 5.74) is 5.35. The topological polar surface area (TPSA) is 26.0 Å². The highest BCUT2D eigenvalue weighted by molar-refractivity contribution is 4.74. The number of hydrogen-bond acceptors (Lipinski definition) is 1. The number of rotatable bonds is 2. The third-order valence-corrected chi connectivity index (χ3v) is 2.35. The quantitative estimate of drug-likeness (QED) is 0.686. The average Bonchev–Trinajstić information content (AvgIpc) is 2.13. The summed E-state index contributed by atoms with van der Waals surface area (Å²) in [6.07, 6.45) is 4.41. The smallest absolute Gasteiger partial charge is 0.103 e. The van der Waals surface area contributed by atoms with E-state index in [2.05, 4.69) is 0 Å². The van der Waals surface area contributed by atoms with Gasteiger partial charge in [0.2, 0.25) is 0 Å². The lowest BCUT2D eigenvalue weighted by atomic mass is 9.85. The average molecular weight is 175 g/mol. The Kier molecular flexibility index (Phi) is 7.47. The molecule has 0 aromatic rings. The molecule has 1 aliphatic rings. The highest BCUT2D eigenvalue weighted by atomic mass is 19.1. The molecule has 2 heteroatoms. The van der Waals surface area contributed by atoms with E-state index in [1.807, 2.05) is 13.8 Å². The van der Waals surface area contributed by atoms with Crippen LogP contribution in [0.5, 0.6) is 0 Å². The van der Waals surface area contributed by atoms with Gasteiger partial charge in [0.05, 0.1) is 0 Å². The SMILES string of the molecule is CC.NCCC1CCCCC1F. The summed E-state index contributed by atoms with van der Waals surface area (Å²) < 4.78 is 13.0. The van der Waals surface area contributed by atoms with Crippen molar-refractivity contribution >= 4 is 0 Å². The Hall–Kier alpha value is -0.110. The van der Waals surface area contributed by atoms with Crippen molar-refractivity contribution in [2.24, 2.45) is 11.7 Å². The molecular formula is C10H22FN. The van der Waals surface area contributed by atoms with Crippen molar-refractivity contribution in [3.05, 3.63) is 0 Å². The Balaban J connectivity index is 0.000000561. The van der Waals surface area contributed by atoms with Crippen LogP contribution in [0.15, 0.2) is 0 Å². The predicted octanol–water partition coefficient (Wildman–Crippen LogP) is 2.89. The zero-order valence-corrected chi connectivity index (χ0v) is 8.35. The summed E-state index contributed by atoms with van der Waals surface area (Å²) in [6.45, 7) is 4.64. The van der Waals surface area contributed by atoms with Gasteiger partial charge in [0, 0.05) is 0 Å². The van der Waals surface area contributed by atoms with Crippen LogP contribution in [0.3, 0.4) is 0 Å². The van der Waals surface area contributed by atoms with Crippen LogP contribution in [0, 0.1) is 5.92 Å². The molecule has 0 heterocycles. The lowest BCUT2D eigenvalue weighted by molar-refractivity contribution is 0.159. The molecule has 1 nitrogen and oxygen atoms in total. The summed E-state index contributed by atoms with van der Waals surface area (Å²) in [7, 11) is 0. The molecule has 2 unspecified atom stereocenters. The van der Waals surface area contributed by atoms with Crippen LogP contribution in [0.4, 0.5) is 4.39 Å². The molecule has 1 aliphatic carbocycles. The standard InChI is InChI=1S/C8H16FN.C2H6/c9-8-4-2-1-3-7(8)5-6-10;1-2/h7-8H,1-6,10H2;1-2H3. The molecule has 2 atom stereocenters. The van der Waals surface area contributed by atoms with Gasteiger partial charge in [0.1, 0.15) is 6.17 Å². The van der Waals surface area contributed by atoms with Gasteiger partial charge >= 0.3 is 0 Å². The summed E-state index contributed by atoms with van der Waals surface area (Å²) in [6, 6.07) is 0. The fourth-order valence-electron chi connectivity index (χ4n) is 1.70. The van der Waals surface area contributed by atoms with Crippen molar-refractivity contribution in [1.29, 1.82) is 0 Å². The Labute approximate surface area is 75.5 Å². The highest BCUT2D eigenvalue weighted by Crippen LogP contribution is 2.28. The maximum atomic E-state index is 13.0. The fraction of sp³-hybridized carbons (Fsp3) is 1.00. The summed E-state index contributed by atoms with van der Waals surface area (Å²) in [5, 5.41) is 0. The van der Waals surface area contributed by atoms with E-state index in [-0.39, 0.29) is 5.92 Å². The van der Waals surface area contributed by atoms with E-state index in [1.54, 1.807) is 0 Å². The molecule has 0 bridgehead atoms. The van der Waals surface area contributed by atoms with E-state index in [0.29, 0.717) is 6.54 Å². The molecule has 74 valence electrons. The highest BCUT2D eigenvalue weighted by Gasteiger charge is 2.23. The van der Waals surface area contributed by atoms with Crippen LogP contribution >= 0.6 is 0 Å². The lowest BCUT2D eigenvalue weighted by Crippen LogP contribution is -2.23. The molecule has 0 aliphatic heterocycles. The second kappa shape index (κ2) is 7.53. The second-order valence-corrected chi connectivity index (χ2v) is 3.14. The molecule has 1 saturated carbocycles. The van der Waals surface area contributed by atoms with Crippen molar-refractivity contribution in [3.63, 3.8) is 0 Å². The first-order chi connectivity index (χ1) is 5.84. The van der Waals surface area contributed by atoms with Gasteiger partial charge in [-0.1, -0.05) is 26.7 Å². The summed E-state index contributed by atoms with van der Waals surface area (Å²) in [4.78, 5) is 0. The van der Waals surface area contributed by atoms with Gasteiger partial charge in [0.15, 0.2) is 0 Å². The first-order valence-electron chi connectivity index (χ1n) is 5.18. The van der Waals surface area contributed by atoms with Gasteiger partial charge in [-0.3, -0.25) is 0 Å². The van der Waals surface area contributed by atoms with Crippen molar-refractivity contribution in [2.45, 2.75) is 52.1 Å². The second-order valence-electron chi connectivity index (χ2n) is 3.14. The zero-order valence-electron chi connectivity index (χ0n) is 8.35. The predicted molar refractivity (Wildman–Crippen MR) is 51.9 cm³/mol. The number of nitrogens with two attached hydrogens (primary N) is 1. The Morgan fingerprint density at radius 2 is 1.83 bits per heavy atom. The van der Waals surface area contributed by atoms with Crippen LogP contribution in [0.2, 0.25) is 0 Å². The van der Waals surface area contributed by atoms with Crippen LogP contribution in [-0.4, -0.2) is 12.7 Å². The van der Waals surface area contributed by atoms with Gasteiger partial charge in [-0.2, -0.15) is 0 Å². The zero-order chi connectivity index (χ0) is 9.40. The van der Waals surface area contributed by atoms with Crippen LogP contribution in [0.1, 0.15) is 46.0 Å². The van der Waals surface area contributed by atoms with Crippen molar-refractivity contribution in [1.82, 2.24) is 0 Å². The minimum Gasteiger partial charge on any atom is -0.330 e. The van der Waals surface area contributed by atoms with Gasteiger partial charge in [-0.25, -0.2) is 4.39 Å². The Morgan fingerprint density at radius 3 is 2.33 bits per heavy atom. The molecule has 0 amide bonds. The molecule has 0 saturated heterocycles. The summed E-state index contributed by atoms with van der Waals surface area (Å²) in [5.74, 6) is 0.277. The fourth-order valence-corrected chi connectivity index (χ4v) is 1.70. The normalized spacial score (nSPS) is 29.0. The van der Waals surface area contributed by atoms with E-state index in [1.165, 1.54) is 6.42 Å². The maximum Gasteiger partial charge on any atom is 0.103 e.